The minimum atomic E-state index is -2.49. The summed E-state index contributed by atoms with van der Waals surface area (Å²) in [5.74, 6) is -2.55. The monoisotopic (exact) mass is 758 g/mol. The number of carbonyl (C=O) groups is 4. The first-order chi connectivity index (χ1) is 23.2. The predicted octanol–water partition coefficient (Wildman–Crippen LogP) is 4.88. The maximum atomic E-state index is 11.9. The minimum Gasteiger partial charge on any atom is -0.449 e. The summed E-state index contributed by atoms with van der Waals surface area (Å²) in [5, 5.41) is 4.26. The molecule has 6 rings (SSSR count). The molecule has 268 valence electrons. The van der Waals surface area contributed by atoms with Gasteiger partial charge in [0.25, 0.3) is 0 Å². The van der Waals surface area contributed by atoms with E-state index in [4.69, 9.17) is 19.7 Å². The van der Waals surface area contributed by atoms with E-state index in [9.17, 15) is 19.2 Å². The third-order valence-corrected chi connectivity index (χ3v) is 23.9. The van der Waals surface area contributed by atoms with Gasteiger partial charge in [-0.25, -0.2) is 19.2 Å². The molecule has 4 N–H and O–H groups in total. The van der Waals surface area contributed by atoms with Crippen LogP contribution in [0.4, 0.5) is 11.4 Å². The quantitative estimate of drug-likeness (QED) is 0.110. The van der Waals surface area contributed by atoms with E-state index in [-0.39, 0.29) is 29.7 Å². The zero-order valence-corrected chi connectivity index (χ0v) is 33.5. The van der Waals surface area contributed by atoms with Crippen molar-refractivity contribution in [2.45, 2.75) is 59.8 Å². The molecule has 2 aliphatic rings. The summed E-state index contributed by atoms with van der Waals surface area (Å²) >= 11 is 0. The van der Waals surface area contributed by atoms with Crippen molar-refractivity contribution in [3.63, 3.8) is 0 Å². The number of nitrogens with two attached hydrogens (primary N) is 2. The molecule has 0 bridgehead atoms. The summed E-state index contributed by atoms with van der Waals surface area (Å²) < 4.78 is 22.6. The van der Waals surface area contributed by atoms with Crippen molar-refractivity contribution in [2.24, 2.45) is 0 Å². The number of cyclic esters (lactones) is 4. The van der Waals surface area contributed by atoms with E-state index in [1.807, 2.05) is 50.5 Å². The molecule has 10 nitrogen and oxygen atoms in total. The molecule has 0 saturated carbocycles. The number of ether oxygens (including phenoxy) is 2. The predicted molar refractivity (Wildman–Crippen MR) is 211 cm³/mol. The number of esters is 4. The minimum absolute atomic E-state index is 0. The van der Waals surface area contributed by atoms with Crippen molar-refractivity contribution in [1.82, 2.24) is 0 Å². The molecule has 0 saturated heterocycles. The molecule has 4 aromatic carbocycles. The Labute approximate surface area is 303 Å². The van der Waals surface area contributed by atoms with Crippen molar-refractivity contribution < 1.29 is 36.9 Å². The number of fused-ring (bicyclic) bond motifs is 2. The van der Waals surface area contributed by atoms with Crippen molar-refractivity contribution in [1.29, 1.82) is 0 Å². The van der Waals surface area contributed by atoms with Gasteiger partial charge < -0.3 is 29.2 Å². The van der Waals surface area contributed by atoms with E-state index in [2.05, 4.69) is 59.9 Å². The molecule has 0 fully saturated rings. The summed E-state index contributed by atoms with van der Waals surface area (Å²) in [7, 11) is -8.90. The van der Waals surface area contributed by atoms with Gasteiger partial charge in [0, 0.05) is 11.4 Å². The third-order valence-electron chi connectivity index (χ3n) is 8.91. The van der Waals surface area contributed by atoms with E-state index < -0.39 is 57.1 Å². The summed E-state index contributed by atoms with van der Waals surface area (Å²) in [4.78, 5) is 47.1. The van der Waals surface area contributed by atoms with Crippen LogP contribution in [0.3, 0.4) is 0 Å². The molecule has 2 aliphatic heterocycles. The highest BCUT2D eigenvalue weighted by molar-refractivity contribution is 6.97. The van der Waals surface area contributed by atoms with Crippen molar-refractivity contribution in [2.75, 3.05) is 11.5 Å². The van der Waals surface area contributed by atoms with Crippen molar-refractivity contribution in [3.05, 3.63) is 107 Å². The second-order valence-electron chi connectivity index (χ2n) is 14.4. The Kier molecular flexibility index (Phi) is 11.0. The number of rotatable bonds is 8. The number of nitrogen functional groups attached to an aromatic ring is 2. The van der Waals surface area contributed by atoms with Gasteiger partial charge in [-0.15, -0.1) is 0 Å². The van der Waals surface area contributed by atoms with Crippen LogP contribution >= 0.6 is 0 Å². The molecule has 51 heavy (non-hydrogen) atoms. The number of carbonyl (C=O) groups excluding carboxylic acids is 4. The average Bonchev–Trinajstić information content (AvgIpc) is 3.49. The number of benzene rings is 4. The molecular formula is C37H46N2O8Si4. The van der Waals surface area contributed by atoms with Gasteiger partial charge >= 0.3 is 23.9 Å². The van der Waals surface area contributed by atoms with Crippen LogP contribution in [-0.4, -0.2) is 57.1 Å². The van der Waals surface area contributed by atoms with E-state index in [1.54, 1.807) is 36.4 Å². The van der Waals surface area contributed by atoms with Crippen LogP contribution in [0, 0.1) is 0 Å². The summed E-state index contributed by atoms with van der Waals surface area (Å²) in [6.45, 7) is 17.0. The second kappa shape index (κ2) is 14.3. The van der Waals surface area contributed by atoms with Crippen LogP contribution in [-0.2, 0) is 17.7 Å². The van der Waals surface area contributed by atoms with Gasteiger partial charge in [-0.3, -0.25) is 0 Å². The summed E-state index contributed by atoms with van der Waals surface area (Å²) in [6, 6.07) is 26.3. The Balaban J connectivity index is 0.000000236. The molecule has 0 aromatic heterocycles. The topological polar surface area (TPSA) is 157 Å². The molecular weight excluding hydrogens is 713 g/mol. The first-order valence-corrected chi connectivity index (χ1v) is 27.8. The van der Waals surface area contributed by atoms with Gasteiger partial charge in [0.2, 0.25) is 33.3 Å². The lowest BCUT2D eigenvalue weighted by Crippen LogP contribution is -2.57. The van der Waals surface area contributed by atoms with Crippen LogP contribution in [0.1, 0.15) is 48.9 Å². The highest BCUT2D eigenvalue weighted by Crippen LogP contribution is 2.24. The van der Waals surface area contributed by atoms with Gasteiger partial charge in [-0.2, -0.15) is 0 Å². The second-order valence-corrected chi connectivity index (χ2v) is 30.4. The average molecular weight is 759 g/mol. The molecule has 0 radical (unpaired) electrons. The largest absolute Gasteiger partial charge is 0.449 e. The van der Waals surface area contributed by atoms with Gasteiger partial charge in [0.1, 0.15) is 0 Å². The Morgan fingerprint density at radius 1 is 0.412 bits per heavy atom. The van der Waals surface area contributed by atoms with Gasteiger partial charge in [-0.05, 0) is 122 Å². The smallest absolute Gasteiger partial charge is 0.346 e. The fourth-order valence-electron chi connectivity index (χ4n) is 6.20. The Morgan fingerprint density at radius 3 is 0.980 bits per heavy atom. The lowest BCUT2D eigenvalue weighted by Gasteiger charge is -2.34. The number of hydrogen-bond donors (Lipinski definition) is 2. The maximum Gasteiger partial charge on any atom is 0.346 e. The van der Waals surface area contributed by atoms with Gasteiger partial charge in [0.05, 0.1) is 22.3 Å². The SMILES string of the molecule is C.C[Si](C)(O[Si](C)(C)c1ccc(N)cc1)c1ccc(N)cc1.C[Si](C)(O[Si](C)(C)c1ccc2c(c1)C(=O)OC2=O)c1ccc2c(c1)C(=O)OC2=O. The maximum absolute atomic E-state index is 11.9. The zero-order chi connectivity index (χ0) is 36.8. The first kappa shape index (κ1) is 39.3. The van der Waals surface area contributed by atoms with E-state index >= 15 is 0 Å². The summed E-state index contributed by atoms with van der Waals surface area (Å²) in [5.41, 5.74) is 14.2. The van der Waals surface area contributed by atoms with E-state index in [0.29, 0.717) is 0 Å². The van der Waals surface area contributed by atoms with E-state index in [0.717, 1.165) is 21.7 Å². The summed E-state index contributed by atoms with van der Waals surface area (Å²) in [6.07, 6.45) is 0. The lowest BCUT2D eigenvalue weighted by atomic mass is 10.1. The molecule has 4 aromatic rings. The van der Waals surface area contributed by atoms with E-state index in [1.165, 1.54) is 10.4 Å². The molecule has 14 heteroatoms. The van der Waals surface area contributed by atoms with Crippen LogP contribution in [0.25, 0.3) is 0 Å². The standard InChI is InChI=1S/C20H18O7Si2.C16H24N2OSi2.CH4/c1-28(2,11-5-7-13-15(9-11)19(23)25-17(13)21)27-29(3,4)12-6-8-14-16(10-12)20(24)26-18(14)22;1-20(2,15-9-5-13(17)6-10-15)19-21(3,4)16-11-7-14(18)8-12-16;/h5-10H,1-4H3;5-12H,17-18H2,1-4H3;1H4. The molecule has 0 aliphatic carbocycles. The van der Waals surface area contributed by atoms with Crippen LogP contribution in [0.2, 0.25) is 52.4 Å². The molecule has 0 atom stereocenters. The molecule has 0 unspecified atom stereocenters. The highest BCUT2D eigenvalue weighted by Gasteiger charge is 2.40. The Hall–Kier alpha value is -4.45. The molecule has 0 amide bonds. The van der Waals surface area contributed by atoms with Crippen molar-refractivity contribution >= 4 is 89.3 Å². The normalized spacial score (nSPS) is 14.1. The van der Waals surface area contributed by atoms with Crippen LogP contribution < -0.4 is 32.2 Å². The first-order valence-electron chi connectivity index (χ1n) is 16.1. The lowest BCUT2D eigenvalue weighted by molar-refractivity contribution is 0.0425. The highest BCUT2D eigenvalue weighted by atomic mass is 28.4. The number of anilines is 2. The Bertz CT molecular complexity index is 1870. The fraction of sp³-hybridized carbons (Fsp3) is 0.243. The van der Waals surface area contributed by atoms with Crippen molar-refractivity contribution in [3.8, 4) is 0 Å². The molecule has 2 heterocycles. The van der Waals surface area contributed by atoms with Gasteiger partial charge in [-0.1, -0.05) is 43.8 Å². The Morgan fingerprint density at radius 2 is 0.667 bits per heavy atom. The van der Waals surface area contributed by atoms with Crippen LogP contribution in [0.15, 0.2) is 84.9 Å². The van der Waals surface area contributed by atoms with Gasteiger partial charge in [0.15, 0.2) is 0 Å². The fourth-order valence-corrected chi connectivity index (χ4v) is 22.2. The van der Waals surface area contributed by atoms with Crippen LogP contribution in [0.5, 0.6) is 0 Å². The molecule has 0 spiro atoms. The third kappa shape index (κ3) is 8.38. The number of hydrogen-bond acceptors (Lipinski definition) is 10. The zero-order valence-electron chi connectivity index (χ0n) is 29.5.